The number of para-hydroxylation sites is 1. The van der Waals surface area contributed by atoms with Crippen LogP contribution < -0.4 is 21.4 Å². The fraction of sp³-hybridized carbons (Fsp3) is 0.312. The fourth-order valence-corrected chi connectivity index (χ4v) is 2.65. The van der Waals surface area contributed by atoms with Crippen molar-refractivity contribution in [2.75, 3.05) is 19.6 Å². The van der Waals surface area contributed by atoms with Gasteiger partial charge in [0.2, 0.25) is 11.3 Å². The Morgan fingerprint density at radius 2 is 2.04 bits per heavy atom. The molecular weight excluding hydrogens is 332 g/mol. The van der Waals surface area contributed by atoms with Gasteiger partial charge in [-0.3, -0.25) is 14.4 Å². The first-order valence-corrected chi connectivity index (χ1v) is 7.54. The van der Waals surface area contributed by atoms with Gasteiger partial charge >= 0.3 is 0 Å². The number of aromatic amines is 1. The first-order valence-electron chi connectivity index (χ1n) is 7.54. The number of fused-ring (bicyclic) bond motifs is 1. The smallest absolute Gasteiger partial charge is 0.257 e. The average Bonchev–Trinajstić information content (AvgIpc) is 3.06. The Morgan fingerprint density at radius 1 is 1.25 bits per heavy atom. The molecular formula is C16H19ClN4O3. The zero-order valence-electron chi connectivity index (χ0n) is 12.9. The van der Waals surface area contributed by atoms with E-state index in [0.717, 1.165) is 19.5 Å². The lowest BCUT2D eigenvalue weighted by Crippen LogP contribution is -2.43. The largest absolute Gasteiger partial charge is 0.360 e. The number of aromatic nitrogens is 1. The molecule has 2 aromatic rings. The number of hydrogen-bond acceptors (Lipinski definition) is 4. The monoisotopic (exact) mass is 350 g/mol. The third kappa shape index (κ3) is 3.93. The SMILES string of the molecule is Cl.O=C(CNC(=O)c1c[nH]c2ccccc2c1=O)NC1CCNC1. The summed E-state index contributed by atoms with van der Waals surface area (Å²) in [6.07, 6.45) is 2.25. The molecule has 0 saturated carbocycles. The van der Waals surface area contributed by atoms with E-state index in [2.05, 4.69) is 20.9 Å². The summed E-state index contributed by atoms with van der Waals surface area (Å²) >= 11 is 0. The van der Waals surface area contributed by atoms with E-state index in [1.54, 1.807) is 24.3 Å². The van der Waals surface area contributed by atoms with Gasteiger partial charge in [-0.25, -0.2) is 0 Å². The number of carbonyl (C=O) groups is 2. The highest BCUT2D eigenvalue weighted by molar-refractivity contribution is 5.98. The third-order valence-electron chi connectivity index (χ3n) is 3.87. The normalized spacial score (nSPS) is 16.4. The molecule has 7 nitrogen and oxygen atoms in total. The Labute approximate surface area is 144 Å². The third-order valence-corrected chi connectivity index (χ3v) is 3.87. The van der Waals surface area contributed by atoms with Gasteiger partial charge in [0.25, 0.3) is 5.91 Å². The Hall–Kier alpha value is -2.38. The van der Waals surface area contributed by atoms with Crippen molar-refractivity contribution < 1.29 is 9.59 Å². The molecule has 1 aliphatic heterocycles. The number of rotatable bonds is 4. The van der Waals surface area contributed by atoms with Crippen LogP contribution >= 0.6 is 12.4 Å². The van der Waals surface area contributed by atoms with Crippen molar-refractivity contribution in [3.8, 4) is 0 Å². The van der Waals surface area contributed by atoms with Gasteiger partial charge in [-0.15, -0.1) is 12.4 Å². The second kappa shape index (κ2) is 7.94. The van der Waals surface area contributed by atoms with E-state index in [1.165, 1.54) is 6.20 Å². The van der Waals surface area contributed by atoms with Crippen molar-refractivity contribution in [2.45, 2.75) is 12.5 Å². The van der Waals surface area contributed by atoms with E-state index in [1.807, 2.05) is 0 Å². The standard InChI is InChI=1S/C16H18N4O3.ClH/c21-14(20-10-5-6-17-7-10)9-19-16(23)12-8-18-13-4-2-1-3-11(13)15(12)22;/h1-4,8,10,17H,5-7,9H2,(H,18,22)(H,19,23)(H,20,21);1H. The van der Waals surface area contributed by atoms with Crippen LogP contribution in [0.25, 0.3) is 10.9 Å². The molecule has 0 aliphatic carbocycles. The highest BCUT2D eigenvalue weighted by Crippen LogP contribution is 2.06. The molecule has 1 unspecified atom stereocenters. The first-order chi connectivity index (χ1) is 11.1. The summed E-state index contributed by atoms with van der Waals surface area (Å²) in [4.78, 5) is 39.1. The van der Waals surface area contributed by atoms with Gasteiger partial charge in [0.1, 0.15) is 5.56 Å². The summed E-state index contributed by atoms with van der Waals surface area (Å²) in [6.45, 7) is 1.47. The van der Waals surface area contributed by atoms with Gasteiger partial charge in [-0.1, -0.05) is 12.1 Å². The van der Waals surface area contributed by atoms with Crippen molar-refractivity contribution in [3.63, 3.8) is 0 Å². The maximum absolute atomic E-state index is 12.3. The fourth-order valence-electron chi connectivity index (χ4n) is 2.65. The van der Waals surface area contributed by atoms with Crippen LogP contribution in [0.3, 0.4) is 0 Å². The summed E-state index contributed by atoms with van der Waals surface area (Å²) in [5.74, 6) is -0.819. The topological polar surface area (TPSA) is 103 Å². The first kappa shape index (κ1) is 18.0. The van der Waals surface area contributed by atoms with E-state index in [-0.39, 0.29) is 41.9 Å². The van der Waals surface area contributed by atoms with E-state index < -0.39 is 5.91 Å². The predicted octanol–water partition coefficient (Wildman–Crippen LogP) is 0.158. The highest BCUT2D eigenvalue weighted by atomic mass is 35.5. The number of benzene rings is 1. The number of pyridine rings is 1. The van der Waals surface area contributed by atoms with E-state index >= 15 is 0 Å². The van der Waals surface area contributed by atoms with Crippen LogP contribution in [0.1, 0.15) is 16.8 Å². The second-order valence-electron chi connectivity index (χ2n) is 5.52. The molecule has 0 bridgehead atoms. The van der Waals surface area contributed by atoms with Crippen LogP contribution in [0.4, 0.5) is 0 Å². The molecule has 1 atom stereocenters. The number of amides is 2. The number of hydrogen-bond donors (Lipinski definition) is 4. The minimum absolute atomic E-state index is 0. The summed E-state index contributed by atoms with van der Waals surface area (Å²) in [6, 6.07) is 7.07. The molecule has 1 aromatic carbocycles. The quantitative estimate of drug-likeness (QED) is 0.630. The molecule has 1 fully saturated rings. The summed E-state index contributed by atoms with van der Waals surface area (Å²) in [5, 5.41) is 8.91. The maximum atomic E-state index is 12.3. The zero-order valence-corrected chi connectivity index (χ0v) is 13.7. The summed E-state index contributed by atoms with van der Waals surface area (Å²) < 4.78 is 0. The lowest BCUT2D eigenvalue weighted by atomic mass is 10.1. The van der Waals surface area contributed by atoms with Gasteiger partial charge in [0.15, 0.2) is 0 Å². The van der Waals surface area contributed by atoms with Crippen molar-refractivity contribution in [3.05, 3.63) is 46.2 Å². The van der Waals surface area contributed by atoms with E-state index in [9.17, 15) is 14.4 Å². The molecule has 2 amide bonds. The van der Waals surface area contributed by atoms with E-state index in [4.69, 9.17) is 0 Å². The van der Waals surface area contributed by atoms with E-state index in [0.29, 0.717) is 10.9 Å². The zero-order chi connectivity index (χ0) is 16.2. The van der Waals surface area contributed by atoms with Crippen molar-refractivity contribution >= 4 is 35.1 Å². The Bertz CT molecular complexity index is 799. The van der Waals surface area contributed by atoms with Gasteiger partial charge in [-0.2, -0.15) is 0 Å². The summed E-state index contributed by atoms with van der Waals surface area (Å²) in [5.41, 5.74) is 0.316. The predicted molar refractivity (Wildman–Crippen MR) is 93.6 cm³/mol. The van der Waals surface area contributed by atoms with Gasteiger partial charge in [0, 0.05) is 29.7 Å². The Morgan fingerprint density at radius 3 is 2.79 bits per heavy atom. The van der Waals surface area contributed by atoms with Crippen molar-refractivity contribution in [1.29, 1.82) is 0 Å². The van der Waals surface area contributed by atoms with Crippen molar-refractivity contribution in [1.82, 2.24) is 20.9 Å². The van der Waals surface area contributed by atoms with Crippen LogP contribution in [0, 0.1) is 0 Å². The molecule has 1 aromatic heterocycles. The van der Waals surface area contributed by atoms with Gasteiger partial charge in [-0.05, 0) is 25.1 Å². The van der Waals surface area contributed by atoms with Crippen molar-refractivity contribution in [2.24, 2.45) is 0 Å². The molecule has 3 rings (SSSR count). The summed E-state index contributed by atoms with van der Waals surface area (Å²) in [7, 11) is 0. The highest BCUT2D eigenvalue weighted by Gasteiger charge is 2.18. The molecule has 128 valence electrons. The number of halogens is 1. The maximum Gasteiger partial charge on any atom is 0.257 e. The van der Waals surface area contributed by atoms with Crippen LogP contribution in [-0.2, 0) is 4.79 Å². The van der Waals surface area contributed by atoms with Gasteiger partial charge in [0.05, 0.1) is 6.54 Å². The molecule has 24 heavy (non-hydrogen) atoms. The number of carbonyl (C=O) groups excluding carboxylic acids is 2. The molecule has 0 spiro atoms. The molecule has 4 N–H and O–H groups in total. The molecule has 2 heterocycles. The minimum Gasteiger partial charge on any atom is -0.360 e. The molecule has 0 radical (unpaired) electrons. The lowest BCUT2D eigenvalue weighted by Gasteiger charge is -2.11. The minimum atomic E-state index is -0.559. The van der Waals surface area contributed by atoms with Crippen LogP contribution in [0.5, 0.6) is 0 Å². The van der Waals surface area contributed by atoms with Gasteiger partial charge < -0.3 is 20.9 Å². The van der Waals surface area contributed by atoms with Crippen LogP contribution in [0.2, 0.25) is 0 Å². The molecule has 1 saturated heterocycles. The van der Waals surface area contributed by atoms with Crippen LogP contribution in [0.15, 0.2) is 35.3 Å². The average molecular weight is 351 g/mol. The molecule has 1 aliphatic rings. The Kier molecular flexibility index (Phi) is 5.94. The number of H-pyrrole nitrogens is 1. The lowest BCUT2D eigenvalue weighted by molar-refractivity contribution is -0.120. The van der Waals surface area contributed by atoms with Crippen LogP contribution in [-0.4, -0.2) is 42.5 Å². The molecule has 8 heteroatoms. The Balaban J connectivity index is 0.00000208. The number of nitrogens with one attached hydrogen (secondary N) is 4. The second-order valence-corrected chi connectivity index (χ2v) is 5.52.